The number of rotatable bonds is 2. The van der Waals surface area contributed by atoms with Crippen LogP contribution in [0.5, 0.6) is 0 Å². The Morgan fingerprint density at radius 2 is 2.33 bits per heavy atom. The SMILES string of the molecule is CCOC(=O)OC1CC2CCC1CC21CCNC1. The second-order valence-corrected chi connectivity index (χ2v) is 6.10. The van der Waals surface area contributed by atoms with Gasteiger partial charge in [0.05, 0.1) is 6.61 Å². The summed E-state index contributed by atoms with van der Waals surface area (Å²) in [6.45, 7) is 4.54. The fourth-order valence-corrected chi connectivity index (χ4v) is 4.38. The summed E-state index contributed by atoms with van der Waals surface area (Å²) in [5.41, 5.74) is 0.511. The van der Waals surface area contributed by atoms with Crippen LogP contribution in [0.4, 0.5) is 4.79 Å². The predicted molar refractivity (Wildman–Crippen MR) is 67.3 cm³/mol. The monoisotopic (exact) mass is 253 g/mol. The van der Waals surface area contributed by atoms with E-state index in [4.69, 9.17) is 9.47 Å². The quantitative estimate of drug-likeness (QED) is 0.767. The van der Waals surface area contributed by atoms with E-state index in [1.54, 1.807) is 0 Å². The van der Waals surface area contributed by atoms with Crippen LogP contribution < -0.4 is 5.32 Å². The van der Waals surface area contributed by atoms with Crippen molar-refractivity contribution >= 4 is 6.16 Å². The van der Waals surface area contributed by atoms with E-state index in [2.05, 4.69) is 5.32 Å². The van der Waals surface area contributed by atoms with Crippen LogP contribution in [0.3, 0.4) is 0 Å². The smallest absolute Gasteiger partial charge is 0.435 e. The Balaban J connectivity index is 1.63. The zero-order valence-corrected chi connectivity index (χ0v) is 11.1. The molecule has 0 radical (unpaired) electrons. The molecule has 4 nitrogen and oxygen atoms in total. The Hall–Kier alpha value is -0.770. The molecule has 1 saturated heterocycles. The number of ether oxygens (including phenoxy) is 2. The van der Waals surface area contributed by atoms with Gasteiger partial charge in [-0.25, -0.2) is 4.79 Å². The zero-order valence-electron chi connectivity index (χ0n) is 11.1. The third-order valence-corrected chi connectivity index (χ3v) is 5.25. The van der Waals surface area contributed by atoms with Crippen LogP contribution in [0.25, 0.3) is 0 Å². The number of fused-ring (bicyclic) bond motifs is 2. The van der Waals surface area contributed by atoms with Crippen molar-refractivity contribution in [2.24, 2.45) is 17.3 Å². The van der Waals surface area contributed by atoms with Gasteiger partial charge in [-0.05, 0) is 62.8 Å². The molecule has 1 spiro atoms. The number of hydrogen-bond donors (Lipinski definition) is 1. The summed E-state index contributed by atoms with van der Waals surface area (Å²) >= 11 is 0. The number of carbonyl (C=O) groups is 1. The third kappa shape index (κ3) is 2.00. The van der Waals surface area contributed by atoms with Gasteiger partial charge in [-0.15, -0.1) is 0 Å². The molecule has 18 heavy (non-hydrogen) atoms. The average Bonchev–Trinajstić information content (AvgIpc) is 2.80. The second kappa shape index (κ2) is 4.72. The summed E-state index contributed by atoms with van der Waals surface area (Å²) < 4.78 is 10.4. The molecule has 4 heteroatoms. The molecule has 4 aliphatic rings. The highest BCUT2D eigenvalue weighted by atomic mass is 16.7. The maximum absolute atomic E-state index is 11.4. The van der Waals surface area contributed by atoms with Crippen LogP contribution in [0.2, 0.25) is 0 Å². The first kappa shape index (κ1) is 12.3. The van der Waals surface area contributed by atoms with Gasteiger partial charge in [0.25, 0.3) is 0 Å². The van der Waals surface area contributed by atoms with Crippen molar-refractivity contribution in [2.75, 3.05) is 19.7 Å². The number of carbonyl (C=O) groups excluding carboxylic acids is 1. The van der Waals surface area contributed by atoms with Crippen LogP contribution in [0.1, 0.15) is 39.0 Å². The molecule has 102 valence electrons. The summed E-state index contributed by atoms with van der Waals surface area (Å²) in [5, 5.41) is 3.51. The maximum atomic E-state index is 11.4. The van der Waals surface area contributed by atoms with Gasteiger partial charge >= 0.3 is 6.16 Å². The highest BCUT2D eigenvalue weighted by molar-refractivity contribution is 5.60. The van der Waals surface area contributed by atoms with E-state index in [9.17, 15) is 4.79 Å². The molecule has 4 atom stereocenters. The minimum Gasteiger partial charge on any atom is -0.435 e. The Labute approximate surface area is 108 Å². The number of nitrogens with one attached hydrogen (secondary N) is 1. The summed E-state index contributed by atoms with van der Waals surface area (Å²) in [6, 6.07) is 0. The van der Waals surface area contributed by atoms with E-state index in [-0.39, 0.29) is 6.10 Å². The van der Waals surface area contributed by atoms with E-state index in [0.29, 0.717) is 17.9 Å². The minimum absolute atomic E-state index is 0.106. The van der Waals surface area contributed by atoms with Gasteiger partial charge in [0, 0.05) is 6.54 Å². The Morgan fingerprint density at radius 1 is 1.44 bits per heavy atom. The van der Waals surface area contributed by atoms with E-state index >= 15 is 0 Å². The third-order valence-electron chi connectivity index (χ3n) is 5.25. The van der Waals surface area contributed by atoms with Crippen molar-refractivity contribution in [3.8, 4) is 0 Å². The first-order chi connectivity index (χ1) is 8.73. The lowest BCUT2D eigenvalue weighted by molar-refractivity contribution is -0.0923. The van der Waals surface area contributed by atoms with Gasteiger partial charge in [0.2, 0.25) is 0 Å². The Morgan fingerprint density at radius 3 is 2.94 bits per heavy atom. The number of hydrogen-bond acceptors (Lipinski definition) is 4. The normalized spacial score (nSPS) is 42.2. The van der Waals surface area contributed by atoms with E-state index in [1.807, 2.05) is 6.92 Å². The van der Waals surface area contributed by atoms with Crippen LogP contribution >= 0.6 is 0 Å². The molecule has 0 aromatic heterocycles. The van der Waals surface area contributed by atoms with Crippen LogP contribution in [-0.2, 0) is 9.47 Å². The molecule has 3 aliphatic carbocycles. The molecule has 0 aromatic carbocycles. The van der Waals surface area contributed by atoms with Crippen molar-refractivity contribution in [3.63, 3.8) is 0 Å². The molecule has 0 amide bonds. The van der Waals surface area contributed by atoms with Crippen molar-refractivity contribution < 1.29 is 14.3 Å². The second-order valence-electron chi connectivity index (χ2n) is 6.10. The molecule has 1 N–H and O–H groups in total. The predicted octanol–water partition coefficient (Wildman–Crippen LogP) is 2.33. The van der Waals surface area contributed by atoms with Crippen LogP contribution in [0, 0.1) is 17.3 Å². The van der Waals surface area contributed by atoms with E-state index in [1.165, 1.54) is 32.2 Å². The molecule has 1 aliphatic heterocycles. The van der Waals surface area contributed by atoms with Crippen LogP contribution in [0.15, 0.2) is 0 Å². The van der Waals surface area contributed by atoms with Crippen molar-refractivity contribution in [2.45, 2.75) is 45.1 Å². The van der Waals surface area contributed by atoms with Gasteiger partial charge in [-0.3, -0.25) is 0 Å². The lowest BCUT2D eigenvalue weighted by Crippen LogP contribution is -2.50. The highest BCUT2D eigenvalue weighted by Crippen LogP contribution is 2.55. The summed E-state index contributed by atoms with van der Waals surface area (Å²) in [6.07, 6.45) is 5.74. The highest BCUT2D eigenvalue weighted by Gasteiger charge is 2.53. The minimum atomic E-state index is -0.478. The fraction of sp³-hybridized carbons (Fsp3) is 0.929. The van der Waals surface area contributed by atoms with Gasteiger partial charge in [-0.1, -0.05) is 0 Å². The maximum Gasteiger partial charge on any atom is 0.508 e. The van der Waals surface area contributed by atoms with Gasteiger partial charge in [0.15, 0.2) is 0 Å². The fourth-order valence-electron chi connectivity index (χ4n) is 4.38. The molecule has 1 heterocycles. The standard InChI is InChI=1S/C14H23NO3/c1-2-17-13(16)18-12-7-11-4-3-10(12)8-14(11)5-6-15-9-14/h10-12,15H,2-9H2,1H3. The molecule has 2 bridgehead atoms. The Kier molecular flexibility index (Phi) is 3.22. The zero-order chi connectivity index (χ0) is 12.6. The van der Waals surface area contributed by atoms with Crippen molar-refractivity contribution in [3.05, 3.63) is 0 Å². The molecule has 3 saturated carbocycles. The van der Waals surface area contributed by atoms with Gasteiger partial charge in [0.1, 0.15) is 6.10 Å². The first-order valence-corrected chi connectivity index (χ1v) is 7.27. The van der Waals surface area contributed by atoms with E-state index < -0.39 is 6.16 Å². The summed E-state index contributed by atoms with van der Waals surface area (Å²) in [5.74, 6) is 1.29. The largest absolute Gasteiger partial charge is 0.508 e. The molecule has 4 unspecified atom stereocenters. The van der Waals surface area contributed by atoms with E-state index in [0.717, 1.165) is 18.9 Å². The summed E-state index contributed by atoms with van der Waals surface area (Å²) in [4.78, 5) is 11.4. The molecule has 4 rings (SSSR count). The topological polar surface area (TPSA) is 47.6 Å². The van der Waals surface area contributed by atoms with Crippen molar-refractivity contribution in [1.82, 2.24) is 5.32 Å². The Bertz CT molecular complexity index is 325. The molecular weight excluding hydrogens is 230 g/mol. The van der Waals surface area contributed by atoms with Crippen molar-refractivity contribution in [1.29, 1.82) is 0 Å². The van der Waals surface area contributed by atoms with Crippen LogP contribution in [-0.4, -0.2) is 32.0 Å². The molecular formula is C14H23NO3. The van der Waals surface area contributed by atoms with Gasteiger partial charge in [-0.2, -0.15) is 0 Å². The molecule has 0 aromatic rings. The molecule has 4 fully saturated rings. The first-order valence-electron chi connectivity index (χ1n) is 7.27. The average molecular weight is 253 g/mol. The lowest BCUT2D eigenvalue weighted by Gasteiger charge is -2.52. The van der Waals surface area contributed by atoms with Gasteiger partial charge < -0.3 is 14.8 Å². The lowest BCUT2D eigenvalue weighted by atomic mass is 9.54. The summed E-state index contributed by atoms with van der Waals surface area (Å²) in [7, 11) is 0.